The second kappa shape index (κ2) is 5.73. The number of nitrogens with zero attached hydrogens (tertiary/aromatic N) is 1. The van der Waals surface area contributed by atoms with Gasteiger partial charge in [-0.25, -0.2) is 0 Å². The Kier molecular flexibility index (Phi) is 4.04. The summed E-state index contributed by atoms with van der Waals surface area (Å²) in [6.07, 6.45) is 0.988. The summed E-state index contributed by atoms with van der Waals surface area (Å²) in [5, 5.41) is 2.75. The summed E-state index contributed by atoms with van der Waals surface area (Å²) < 4.78 is 0. The van der Waals surface area contributed by atoms with Crippen molar-refractivity contribution in [3.05, 3.63) is 29.8 Å². The van der Waals surface area contributed by atoms with Crippen LogP contribution in [0.25, 0.3) is 0 Å². The van der Waals surface area contributed by atoms with Crippen LogP contribution >= 0.6 is 0 Å². The number of aryl methyl sites for hydroxylation is 1. The number of piperazine rings is 1. The Morgan fingerprint density at radius 3 is 2.95 bits per heavy atom. The molecule has 1 aliphatic heterocycles. The second-order valence-electron chi connectivity index (χ2n) is 4.75. The van der Waals surface area contributed by atoms with Gasteiger partial charge in [0.25, 0.3) is 0 Å². The maximum atomic E-state index is 12.1. The molecule has 5 nitrogen and oxygen atoms in total. The minimum absolute atomic E-state index is 0.00519. The molecule has 0 aliphatic carbocycles. The largest absolute Gasteiger partial charge is 0.399 e. The van der Waals surface area contributed by atoms with E-state index in [-0.39, 0.29) is 17.9 Å². The summed E-state index contributed by atoms with van der Waals surface area (Å²) in [4.78, 5) is 25.3. The van der Waals surface area contributed by atoms with Gasteiger partial charge in [-0.15, -0.1) is 0 Å². The summed E-state index contributed by atoms with van der Waals surface area (Å²) in [5.41, 5.74) is 7.53. The molecule has 19 heavy (non-hydrogen) atoms. The van der Waals surface area contributed by atoms with Crippen molar-refractivity contribution in [3.8, 4) is 0 Å². The molecule has 2 rings (SSSR count). The Morgan fingerprint density at radius 1 is 1.47 bits per heavy atom. The van der Waals surface area contributed by atoms with Crippen LogP contribution in [-0.2, 0) is 16.0 Å². The fraction of sp³-hybridized carbons (Fsp3) is 0.429. The average Bonchev–Trinajstić information content (AvgIpc) is 2.40. The molecule has 1 aliphatic rings. The molecule has 0 spiro atoms. The van der Waals surface area contributed by atoms with Crippen molar-refractivity contribution < 1.29 is 9.59 Å². The number of rotatable bonds is 3. The smallest absolute Gasteiger partial charge is 0.242 e. The Balaban J connectivity index is 1.94. The van der Waals surface area contributed by atoms with Crippen molar-refractivity contribution in [3.63, 3.8) is 0 Å². The van der Waals surface area contributed by atoms with E-state index in [1.165, 1.54) is 0 Å². The highest BCUT2D eigenvalue weighted by Gasteiger charge is 2.28. The lowest BCUT2D eigenvalue weighted by Gasteiger charge is -2.32. The summed E-state index contributed by atoms with van der Waals surface area (Å²) >= 11 is 0. The first-order valence-electron chi connectivity index (χ1n) is 6.50. The van der Waals surface area contributed by atoms with Crippen molar-refractivity contribution >= 4 is 17.5 Å². The number of para-hydroxylation sites is 1. The van der Waals surface area contributed by atoms with E-state index in [2.05, 4.69) is 5.32 Å². The monoisotopic (exact) mass is 261 g/mol. The quantitative estimate of drug-likeness (QED) is 0.780. The van der Waals surface area contributed by atoms with Crippen LogP contribution in [0.3, 0.4) is 0 Å². The number of carbonyl (C=O) groups excluding carboxylic acids is 2. The lowest BCUT2D eigenvalue weighted by Crippen LogP contribution is -2.55. The van der Waals surface area contributed by atoms with Gasteiger partial charge in [-0.05, 0) is 25.0 Å². The molecule has 1 aromatic carbocycles. The third-order valence-electron chi connectivity index (χ3n) is 3.48. The van der Waals surface area contributed by atoms with Crippen LogP contribution < -0.4 is 11.1 Å². The predicted octanol–water partition coefficient (Wildman–Crippen LogP) is 0.548. The van der Waals surface area contributed by atoms with Gasteiger partial charge in [-0.1, -0.05) is 18.2 Å². The van der Waals surface area contributed by atoms with Gasteiger partial charge in [0.1, 0.15) is 6.04 Å². The molecule has 1 unspecified atom stereocenters. The van der Waals surface area contributed by atoms with Crippen molar-refractivity contribution in [2.45, 2.75) is 25.8 Å². The first kappa shape index (κ1) is 13.4. The van der Waals surface area contributed by atoms with Crippen LogP contribution in [0.15, 0.2) is 24.3 Å². The van der Waals surface area contributed by atoms with Crippen LogP contribution in [-0.4, -0.2) is 35.8 Å². The van der Waals surface area contributed by atoms with Gasteiger partial charge in [0.2, 0.25) is 11.8 Å². The molecule has 0 radical (unpaired) electrons. The molecule has 2 amide bonds. The van der Waals surface area contributed by atoms with Crippen LogP contribution in [0.5, 0.6) is 0 Å². The molecular weight excluding hydrogens is 242 g/mol. The lowest BCUT2D eigenvalue weighted by atomic mass is 10.1. The number of nitrogens with two attached hydrogens (primary N) is 1. The number of nitrogen functional groups attached to an aromatic ring is 1. The zero-order valence-electron chi connectivity index (χ0n) is 11.1. The van der Waals surface area contributed by atoms with E-state index < -0.39 is 0 Å². The minimum atomic E-state index is -0.380. The van der Waals surface area contributed by atoms with Crippen molar-refractivity contribution in [1.82, 2.24) is 10.2 Å². The van der Waals surface area contributed by atoms with E-state index in [1.807, 2.05) is 24.3 Å². The van der Waals surface area contributed by atoms with E-state index in [1.54, 1.807) is 11.8 Å². The number of amides is 2. The van der Waals surface area contributed by atoms with Crippen LogP contribution in [0.1, 0.15) is 18.9 Å². The lowest BCUT2D eigenvalue weighted by molar-refractivity contribution is -0.142. The fourth-order valence-corrected chi connectivity index (χ4v) is 2.27. The number of carbonyl (C=O) groups is 2. The summed E-state index contributed by atoms with van der Waals surface area (Å²) in [7, 11) is 0. The first-order chi connectivity index (χ1) is 9.09. The van der Waals surface area contributed by atoms with Crippen LogP contribution in [0, 0.1) is 0 Å². The molecule has 0 aromatic heterocycles. The molecule has 1 saturated heterocycles. The van der Waals surface area contributed by atoms with Gasteiger partial charge in [0.15, 0.2) is 0 Å². The Labute approximate surface area is 112 Å². The SMILES string of the molecule is CC1C(=O)NCCN1C(=O)CCc1ccccc1N. The Hall–Kier alpha value is -2.04. The highest BCUT2D eigenvalue weighted by atomic mass is 16.2. The number of anilines is 1. The van der Waals surface area contributed by atoms with Gasteiger partial charge in [0, 0.05) is 25.2 Å². The van der Waals surface area contributed by atoms with E-state index in [9.17, 15) is 9.59 Å². The summed E-state index contributed by atoms with van der Waals surface area (Å²) in [6, 6.07) is 7.16. The van der Waals surface area contributed by atoms with Crippen LogP contribution in [0.4, 0.5) is 5.69 Å². The van der Waals surface area contributed by atoms with Crippen LogP contribution in [0.2, 0.25) is 0 Å². The second-order valence-corrected chi connectivity index (χ2v) is 4.75. The normalized spacial score (nSPS) is 19.1. The third kappa shape index (κ3) is 3.05. The highest BCUT2D eigenvalue weighted by molar-refractivity contribution is 5.88. The fourth-order valence-electron chi connectivity index (χ4n) is 2.27. The highest BCUT2D eigenvalue weighted by Crippen LogP contribution is 2.14. The van der Waals surface area contributed by atoms with Gasteiger partial charge in [0.05, 0.1) is 0 Å². The molecule has 5 heteroatoms. The number of nitrogens with one attached hydrogen (secondary N) is 1. The van der Waals surface area contributed by atoms with Crippen molar-refractivity contribution in [1.29, 1.82) is 0 Å². The van der Waals surface area contributed by atoms with E-state index in [4.69, 9.17) is 5.73 Å². The molecular formula is C14H19N3O2. The number of hydrogen-bond acceptors (Lipinski definition) is 3. The van der Waals surface area contributed by atoms with Crippen molar-refractivity contribution in [2.24, 2.45) is 0 Å². The molecule has 0 bridgehead atoms. The van der Waals surface area contributed by atoms with Gasteiger partial charge >= 0.3 is 0 Å². The van der Waals surface area contributed by atoms with Crippen molar-refractivity contribution in [2.75, 3.05) is 18.8 Å². The molecule has 102 valence electrons. The third-order valence-corrected chi connectivity index (χ3v) is 3.48. The molecule has 3 N–H and O–H groups in total. The van der Waals surface area contributed by atoms with E-state index in [0.717, 1.165) is 5.56 Å². The van der Waals surface area contributed by atoms with Gasteiger partial charge in [-0.3, -0.25) is 9.59 Å². The Bertz CT molecular complexity index is 487. The molecule has 1 heterocycles. The number of hydrogen-bond donors (Lipinski definition) is 2. The maximum Gasteiger partial charge on any atom is 0.242 e. The molecule has 0 saturated carbocycles. The minimum Gasteiger partial charge on any atom is -0.399 e. The van der Waals surface area contributed by atoms with Gasteiger partial charge < -0.3 is 16.0 Å². The van der Waals surface area contributed by atoms with E-state index >= 15 is 0 Å². The molecule has 1 aromatic rings. The summed E-state index contributed by atoms with van der Waals surface area (Å²) in [5.74, 6) is -0.0792. The zero-order valence-corrected chi connectivity index (χ0v) is 11.1. The zero-order chi connectivity index (χ0) is 13.8. The first-order valence-corrected chi connectivity index (χ1v) is 6.50. The number of benzene rings is 1. The summed E-state index contributed by atoms with van der Waals surface area (Å²) in [6.45, 7) is 2.86. The topological polar surface area (TPSA) is 75.4 Å². The average molecular weight is 261 g/mol. The van der Waals surface area contributed by atoms with Gasteiger partial charge in [-0.2, -0.15) is 0 Å². The molecule has 1 fully saturated rings. The Morgan fingerprint density at radius 2 is 2.21 bits per heavy atom. The van der Waals surface area contributed by atoms with E-state index in [0.29, 0.717) is 31.6 Å². The standard InChI is InChI=1S/C14H19N3O2/c1-10-14(19)16-8-9-17(10)13(18)7-6-11-4-2-3-5-12(11)15/h2-5,10H,6-9,15H2,1H3,(H,16,19). The predicted molar refractivity (Wildman–Crippen MR) is 73.4 cm³/mol. The molecule has 1 atom stereocenters. The maximum absolute atomic E-state index is 12.1.